The third-order valence-electron chi connectivity index (χ3n) is 3.82. The zero-order valence-electron chi connectivity index (χ0n) is 11.1. The van der Waals surface area contributed by atoms with Crippen molar-refractivity contribution in [2.24, 2.45) is 7.05 Å². The highest BCUT2D eigenvalue weighted by molar-refractivity contribution is 9.10. The fourth-order valence-electron chi connectivity index (χ4n) is 2.81. The Labute approximate surface area is 122 Å². The van der Waals surface area contributed by atoms with Gasteiger partial charge in [-0.2, -0.15) is 5.10 Å². The Kier molecular flexibility index (Phi) is 3.71. The lowest BCUT2D eigenvalue weighted by Gasteiger charge is -2.24. The molecule has 0 amide bonds. The largest absolute Gasteiger partial charge is 0.306 e. The van der Waals surface area contributed by atoms with Gasteiger partial charge < -0.3 is 5.32 Å². The van der Waals surface area contributed by atoms with Crippen molar-refractivity contribution in [1.82, 2.24) is 15.1 Å². The molecule has 1 N–H and O–H groups in total. The highest BCUT2D eigenvalue weighted by Crippen LogP contribution is 2.29. The molecule has 0 bridgehead atoms. The van der Waals surface area contributed by atoms with E-state index in [0.717, 1.165) is 17.4 Å². The van der Waals surface area contributed by atoms with Crippen molar-refractivity contribution < 1.29 is 0 Å². The maximum Gasteiger partial charge on any atom is 0.0540 e. The van der Waals surface area contributed by atoms with E-state index in [9.17, 15) is 0 Å². The Bertz CT molecular complexity index is 577. The summed E-state index contributed by atoms with van der Waals surface area (Å²) in [6, 6.07) is 8.90. The molecule has 4 heteroatoms. The van der Waals surface area contributed by atoms with E-state index in [4.69, 9.17) is 0 Å². The minimum atomic E-state index is 0.441. The Morgan fingerprint density at radius 3 is 3.21 bits per heavy atom. The summed E-state index contributed by atoms with van der Waals surface area (Å²) in [4.78, 5) is 0. The lowest BCUT2D eigenvalue weighted by atomic mass is 9.93. The minimum Gasteiger partial charge on any atom is -0.306 e. The van der Waals surface area contributed by atoms with Crippen molar-refractivity contribution in [2.45, 2.75) is 31.8 Å². The normalized spacial score (nSPS) is 18.3. The number of rotatable bonds is 3. The van der Waals surface area contributed by atoms with E-state index < -0.39 is 0 Å². The number of benzene rings is 1. The van der Waals surface area contributed by atoms with Gasteiger partial charge in [-0.1, -0.05) is 28.1 Å². The zero-order valence-corrected chi connectivity index (χ0v) is 12.7. The van der Waals surface area contributed by atoms with Crippen LogP contribution < -0.4 is 5.32 Å². The first kappa shape index (κ1) is 12.9. The Hall–Kier alpha value is -1.13. The summed E-state index contributed by atoms with van der Waals surface area (Å²) in [5, 5.41) is 8.05. The number of aromatic nitrogens is 2. The van der Waals surface area contributed by atoms with E-state index >= 15 is 0 Å². The fourth-order valence-corrected chi connectivity index (χ4v) is 3.25. The van der Waals surface area contributed by atoms with Gasteiger partial charge in [-0.15, -0.1) is 0 Å². The van der Waals surface area contributed by atoms with Crippen LogP contribution in [0.3, 0.4) is 0 Å². The van der Waals surface area contributed by atoms with Gasteiger partial charge in [-0.05, 0) is 37.0 Å². The molecule has 1 aromatic heterocycles. The van der Waals surface area contributed by atoms with Gasteiger partial charge >= 0.3 is 0 Å². The molecular formula is C15H18BrN3. The number of nitrogens with zero attached hydrogens (tertiary/aromatic N) is 2. The molecule has 3 rings (SSSR count). The lowest BCUT2D eigenvalue weighted by molar-refractivity contribution is 0.452. The van der Waals surface area contributed by atoms with Crippen LogP contribution in [0.2, 0.25) is 0 Å². The summed E-state index contributed by atoms with van der Waals surface area (Å²) in [5.41, 5.74) is 4.08. The van der Waals surface area contributed by atoms with Crippen molar-refractivity contribution in [2.75, 3.05) is 0 Å². The quantitative estimate of drug-likeness (QED) is 0.940. The van der Waals surface area contributed by atoms with E-state index in [2.05, 4.69) is 50.6 Å². The van der Waals surface area contributed by atoms with Gasteiger partial charge in [0.15, 0.2) is 0 Å². The van der Waals surface area contributed by atoms with Crippen LogP contribution in [-0.2, 0) is 20.0 Å². The molecular weight excluding hydrogens is 302 g/mol. The monoisotopic (exact) mass is 319 g/mol. The summed E-state index contributed by atoms with van der Waals surface area (Å²) >= 11 is 3.52. The molecule has 2 aromatic rings. The molecule has 0 fully saturated rings. The topological polar surface area (TPSA) is 29.9 Å². The molecule has 0 radical (unpaired) electrons. The average Bonchev–Trinajstić information content (AvgIpc) is 2.79. The van der Waals surface area contributed by atoms with Gasteiger partial charge in [0.1, 0.15) is 0 Å². The number of nitrogens with one attached hydrogen (secondary N) is 1. The highest BCUT2D eigenvalue weighted by atomic mass is 79.9. The molecule has 1 aliphatic rings. The predicted molar refractivity (Wildman–Crippen MR) is 79.9 cm³/mol. The summed E-state index contributed by atoms with van der Waals surface area (Å²) in [6.45, 7) is 0.901. The van der Waals surface area contributed by atoms with Crippen molar-refractivity contribution in [3.63, 3.8) is 0 Å². The minimum absolute atomic E-state index is 0.441. The van der Waals surface area contributed by atoms with Gasteiger partial charge in [0.05, 0.1) is 6.20 Å². The van der Waals surface area contributed by atoms with Crippen molar-refractivity contribution >= 4 is 15.9 Å². The second kappa shape index (κ2) is 5.47. The maximum absolute atomic E-state index is 4.39. The van der Waals surface area contributed by atoms with E-state index in [1.165, 1.54) is 29.7 Å². The molecule has 0 spiro atoms. The number of hydrogen-bond donors (Lipinski definition) is 1. The number of fused-ring (bicyclic) bond motifs is 1. The molecule has 0 saturated carbocycles. The number of aryl methyl sites for hydroxylation is 1. The van der Waals surface area contributed by atoms with Gasteiger partial charge in [-0.25, -0.2) is 0 Å². The maximum atomic E-state index is 4.39. The lowest BCUT2D eigenvalue weighted by Crippen LogP contribution is -2.24. The van der Waals surface area contributed by atoms with E-state index in [-0.39, 0.29) is 0 Å². The summed E-state index contributed by atoms with van der Waals surface area (Å²) < 4.78 is 3.15. The summed E-state index contributed by atoms with van der Waals surface area (Å²) in [6.07, 6.45) is 5.61. The van der Waals surface area contributed by atoms with Crippen LogP contribution in [0.5, 0.6) is 0 Å². The van der Waals surface area contributed by atoms with Gasteiger partial charge in [0.25, 0.3) is 0 Å². The van der Waals surface area contributed by atoms with Crippen LogP contribution in [0, 0.1) is 0 Å². The van der Waals surface area contributed by atoms with E-state index in [1.54, 1.807) is 0 Å². The Morgan fingerprint density at radius 2 is 2.37 bits per heavy atom. The molecule has 1 atom stereocenters. The first-order valence-electron chi connectivity index (χ1n) is 6.72. The van der Waals surface area contributed by atoms with Gasteiger partial charge in [0, 0.05) is 35.4 Å². The van der Waals surface area contributed by atoms with Crippen LogP contribution >= 0.6 is 15.9 Å². The molecule has 0 saturated heterocycles. The third kappa shape index (κ3) is 2.74. The summed E-state index contributed by atoms with van der Waals surface area (Å²) in [5.74, 6) is 0. The van der Waals surface area contributed by atoms with Crippen molar-refractivity contribution in [3.05, 3.63) is 51.8 Å². The first-order chi connectivity index (χ1) is 9.24. The molecule has 100 valence electrons. The standard InChI is InChI=1S/C15H18BrN3/c1-19-15-7-3-6-14(13(15)10-18-19)17-9-11-4-2-5-12(16)8-11/h2,4-5,8,10,14,17H,3,6-7,9H2,1H3. The molecule has 3 nitrogen and oxygen atoms in total. The SMILES string of the molecule is Cn1ncc2c1CCCC2NCc1cccc(Br)c1. The Morgan fingerprint density at radius 1 is 1.47 bits per heavy atom. The third-order valence-corrected chi connectivity index (χ3v) is 4.31. The van der Waals surface area contributed by atoms with Gasteiger partial charge in [0.2, 0.25) is 0 Å². The molecule has 1 aliphatic carbocycles. The molecule has 1 aromatic carbocycles. The van der Waals surface area contributed by atoms with Gasteiger partial charge in [-0.3, -0.25) is 4.68 Å². The van der Waals surface area contributed by atoms with Crippen LogP contribution in [0.15, 0.2) is 34.9 Å². The molecule has 0 aliphatic heterocycles. The number of halogens is 1. The Balaban J connectivity index is 1.71. The smallest absolute Gasteiger partial charge is 0.0540 e. The zero-order chi connectivity index (χ0) is 13.2. The van der Waals surface area contributed by atoms with Crippen molar-refractivity contribution in [3.8, 4) is 0 Å². The van der Waals surface area contributed by atoms with Crippen LogP contribution in [-0.4, -0.2) is 9.78 Å². The van der Waals surface area contributed by atoms with Crippen molar-refractivity contribution in [1.29, 1.82) is 0 Å². The van der Waals surface area contributed by atoms with Crippen LogP contribution in [0.1, 0.15) is 35.7 Å². The van der Waals surface area contributed by atoms with Crippen LogP contribution in [0.25, 0.3) is 0 Å². The second-order valence-electron chi connectivity index (χ2n) is 5.13. The highest BCUT2D eigenvalue weighted by Gasteiger charge is 2.22. The van der Waals surface area contributed by atoms with Crippen LogP contribution in [0.4, 0.5) is 0 Å². The average molecular weight is 320 g/mol. The fraction of sp³-hybridized carbons (Fsp3) is 0.400. The molecule has 1 unspecified atom stereocenters. The van der Waals surface area contributed by atoms with E-state index in [0.29, 0.717) is 6.04 Å². The molecule has 1 heterocycles. The van der Waals surface area contributed by atoms with E-state index in [1.807, 2.05) is 17.9 Å². The second-order valence-corrected chi connectivity index (χ2v) is 6.04. The predicted octanol–water partition coefficient (Wildman–Crippen LogP) is 3.35. The summed E-state index contributed by atoms with van der Waals surface area (Å²) in [7, 11) is 2.04. The molecule has 19 heavy (non-hydrogen) atoms. The first-order valence-corrected chi connectivity index (χ1v) is 7.52. The number of hydrogen-bond acceptors (Lipinski definition) is 2.